The predicted molar refractivity (Wildman–Crippen MR) is 64.7 cm³/mol. The number of amides is 1. The molecule has 0 aliphatic heterocycles. The minimum atomic E-state index is -3.74. The van der Waals surface area contributed by atoms with Gasteiger partial charge in [-0.15, -0.1) is 0 Å². The van der Waals surface area contributed by atoms with E-state index in [0.29, 0.717) is 6.54 Å². The molecule has 1 aromatic carbocycles. The lowest BCUT2D eigenvalue weighted by Crippen LogP contribution is -2.36. The van der Waals surface area contributed by atoms with E-state index >= 15 is 0 Å². The van der Waals surface area contributed by atoms with Crippen LogP contribution >= 0.6 is 0 Å². The van der Waals surface area contributed by atoms with Gasteiger partial charge in [-0.1, -0.05) is 12.1 Å². The molecule has 1 rings (SSSR count). The van der Waals surface area contributed by atoms with Crippen LogP contribution in [-0.2, 0) is 14.8 Å². The number of nitrogens with two attached hydrogens (primary N) is 1. The Morgan fingerprint density at radius 3 is 2.59 bits per heavy atom. The quantitative estimate of drug-likeness (QED) is 0.629. The summed E-state index contributed by atoms with van der Waals surface area (Å²) in [5, 5.41) is 2.49. The fraction of sp³-hybridized carbons (Fsp3) is 0.300. The van der Waals surface area contributed by atoms with E-state index < -0.39 is 10.0 Å². The molecule has 0 aliphatic rings. The topological polar surface area (TPSA) is 101 Å². The number of sulfonamides is 1. The van der Waals surface area contributed by atoms with Crippen molar-refractivity contribution < 1.29 is 13.2 Å². The van der Waals surface area contributed by atoms with Gasteiger partial charge >= 0.3 is 0 Å². The minimum Gasteiger partial charge on any atom is -0.398 e. The van der Waals surface area contributed by atoms with Crippen LogP contribution in [-0.4, -0.2) is 27.4 Å². The van der Waals surface area contributed by atoms with Crippen molar-refractivity contribution in [3.05, 3.63) is 24.3 Å². The Morgan fingerprint density at radius 1 is 1.35 bits per heavy atom. The van der Waals surface area contributed by atoms with Gasteiger partial charge in [-0.05, 0) is 19.1 Å². The van der Waals surface area contributed by atoms with Crippen LogP contribution in [0.15, 0.2) is 29.2 Å². The maximum atomic E-state index is 11.8. The lowest BCUT2D eigenvalue weighted by atomic mass is 10.3. The number of hydrogen-bond acceptors (Lipinski definition) is 4. The third kappa shape index (κ3) is 3.72. The Hall–Kier alpha value is -1.60. The number of carbonyl (C=O) groups is 1. The van der Waals surface area contributed by atoms with Gasteiger partial charge in [0.05, 0.1) is 12.2 Å². The molecule has 0 heterocycles. The van der Waals surface area contributed by atoms with E-state index in [2.05, 4.69) is 10.0 Å². The summed E-state index contributed by atoms with van der Waals surface area (Å²) in [5.41, 5.74) is 5.70. The number of likely N-dealkylation sites (N-methyl/N-ethyl adjacent to an activating group) is 1. The van der Waals surface area contributed by atoms with Gasteiger partial charge in [0.25, 0.3) is 0 Å². The van der Waals surface area contributed by atoms with E-state index in [1.54, 1.807) is 19.1 Å². The number of benzene rings is 1. The van der Waals surface area contributed by atoms with Crippen molar-refractivity contribution in [2.75, 3.05) is 18.8 Å². The first-order chi connectivity index (χ1) is 7.97. The first-order valence-electron chi connectivity index (χ1n) is 5.08. The van der Waals surface area contributed by atoms with E-state index in [-0.39, 0.29) is 23.0 Å². The fourth-order valence-electron chi connectivity index (χ4n) is 1.22. The van der Waals surface area contributed by atoms with Gasteiger partial charge in [0, 0.05) is 6.54 Å². The molecule has 0 aromatic heterocycles. The van der Waals surface area contributed by atoms with Crippen molar-refractivity contribution in [2.24, 2.45) is 0 Å². The molecular formula is C10H15N3O3S. The maximum absolute atomic E-state index is 11.8. The Balaban J connectivity index is 2.77. The van der Waals surface area contributed by atoms with Crippen molar-refractivity contribution in [2.45, 2.75) is 11.8 Å². The van der Waals surface area contributed by atoms with Crippen LogP contribution in [0.5, 0.6) is 0 Å². The molecule has 0 atom stereocenters. The second-order valence-electron chi connectivity index (χ2n) is 3.32. The average molecular weight is 257 g/mol. The average Bonchev–Trinajstić information content (AvgIpc) is 2.27. The number of para-hydroxylation sites is 1. The van der Waals surface area contributed by atoms with E-state index in [0.717, 1.165) is 0 Å². The molecule has 0 radical (unpaired) electrons. The Kier molecular flexibility index (Phi) is 4.47. The van der Waals surface area contributed by atoms with Crippen LogP contribution in [0.3, 0.4) is 0 Å². The van der Waals surface area contributed by atoms with Crippen LogP contribution in [0.2, 0.25) is 0 Å². The van der Waals surface area contributed by atoms with Crippen molar-refractivity contribution in [1.82, 2.24) is 10.0 Å². The second kappa shape index (κ2) is 5.65. The zero-order valence-corrected chi connectivity index (χ0v) is 10.3. The molecule has 1 amide bonds. The molecule has 1 aromatic rings. The second-order valence-corrected chi connectivity index (χ2v) is 5.05. The van der Waals surface area contributed by atoms with Crippen LogP contribution < -0.4 is 15.8 Å². The Bertz CT molecular complexity index is 499. The summed E-state index contributed by atoms with van der Waals surface area (Å²) in [5.74, 6) is -0.384. The zero-order valence-electron chi connectivity index (χ0n) is 9.43. The summed E-state index contributed by atoms with van der Waals surface area (Å²) in [6.45, 7) is 1.90. The molecule has 0 saturated heterocycles. The monoisotopic (exact) mass is 257 g/mol. The molecule has 0 saturated carbocycles. The number of rotatable bonds is 5. The lowest BCUT2D eigenvalue weighted by Gasteiger charge is -2.08. The first-order valence-corrected chi connectivity index (χ1v) is 6.56. The number of carbonyl (C=O) groups excluding carboxylic acids is 1. The highest BCUT2D eigenvalue weighted by Gasteiger charge is 2.17. The van der Waals surface area contributed by atoms with Crippen LogP contribution in [0.4, 0.5) is 5.69 Å². The summed E-state index contributed by atoms with van der Waals surface area (Å²) >= 11 is 0. The molecule has 0 bridgehead atoms. The number of hydrogen-bond donors (Lipinski definition) is 3. The summed E-state index contributed by atoms with van der Waals surface area (Å²) in [7, 11) is -3.74. The standard InChI is InChI=1S/C10H15N3O3S/c1-2-12-10(14)7-13-17(15,16)9-6-4-3-5-8(9)11/h3-6,13H,2,7,11H2,1H3,(H,12,14). The van der Waals surface area contributed by atoms with Gasteiger partial charge in [-0.2, -0.15) is 0 Å². The highest BCUT2D eigenvalue weighted by molar-refractivity contribution is 7.89. The Labute approximate surface area is 100 Å². The molecule has 4 N–H and O–H groups in total. The SMILES string of the molecule is CCNC(=O)CNS(=O)(=O)c1ccccc1N. The highest BCUT2D eigenvalue weighted by atomic mass is 32.2. The van der Waals surface area contributed by atoms with Gasteiger partial charge in [-0.3, -0.25) is 4.79 Å². The van der Waals surface area contributed by atoms with Gasteiger partial charge in [0.2, 0.25) is 15.9 Å². The third-order valence-electron chi connectivity index (χ3n) is 2.01. The largest absolute Gasteiger partial charge is 0.398 e. The van der Waals surface area contributed by atoms with Crippen LogP contribution in [0.25, 0.3) is 0 Å². The molecule has 7 heteroatoms. The molecular weight excluding hydrogens is 242 g/mol. The van der Waals surface area contributed by atoms with E-state index in [1.165, 1.54) is 12.1 Å². The van der Waals surface area contributed by atoms with Gasteiger partial charge in [0.15, 0.2) is 0 Å². The minimum absolute atomic E-state index is 0.0238. The molecule has 6 nitrogen and oxygen atoms in total. The van der Waals surface area contributed by atoms with Gasteiger partial charge in [-0.25, -0.2) is 13.1 Å². The Morgan fingerprint density at radius 2 is 2.00 bits per heavy atom. The van der Waals surface area contributed by atoms with Gasteiger partial charge < -0.3 is 11.1 Å². The van der Waals surface area contributed by atoms with Crippen molar-refractivity contribution >= 4 is 21.6 Å². The first kappa shape index (κ1) is 13.5. The molecule has 0 spiro atoms. The fourth-order valence-corrected chi connectivity index (χ4v) is 2.34. The molecule has 94 valence electrons. The maximum Gasteiger partial charge on any atom is 0.243 e. The van der Waals surface area contributed by atoms with E-state index in [4.69, 9.17) is 5.73 Å². The van der Waals surface area contributed by atoms with Crippen LogP contribution in [0, 0.1) is 0 Å². The zero-order chi connectivity index (χ0) is 12.9. The number of nitrogens with one attached hydrogen (secondary N) is 2. The lowest BCUT2D eigenvalue weighted by molar-refractivity contribution is -0.119. The van der Waals surface area contributed by atoms with E-state index in [9.17, 15) is 13.2 Å². The van der Waals surface area contributed by atoms with E-state index in [1.807, 2.05) is 0 Å². The predicted octanol–water partition coefficient (Wildman–Crippen LogP) is -0.317. The summed E-state index contributed by atoms with van der Waals surface area (Å²) in [6, 6.07) is 6.07. The molecule has 0 aliphatic carbocycles. The van der Waals surface area contributed by atoms with Crippen molar-refractivity contribution in [3.63, 3.8) is 0 Å². The van der Waals surface area contributed by atoms with Crippen molar-refractivity contribution in [3.8, 4) is 0 Å². The molecule has 0 unspecified atom stereocenters. The number of nitrogen functional groups attached to an aromatic ring is 1. The van der Waals surface area contributed by atoms with Crippen LogP contribution in [0.1, 0.15) is 6.92 Å². The normalized spacial score (nSPS) is 11.1. The smallest absolute Gasteiger partial charge is 0.243 e. The van der Waals surface area contributed by atoms with Gasteiger partial charge in [0.1, 0.15) is 4.90 Å². The molecule has 0 fully saturated rings. The number of anilines is 1. The summed E-state index contributed by atoms with van der Waals surface area (Å²) in [4.78, 5) is 11.1. The highest BCUT2D eigenvalue weighted by Crippen LogP contribution is 2.16. The third-order valence-corrected chi connectivity index (χ3v) is 3.48. The van der Waals surface area contributed by atoms with Crippen molar-refractivity contribution in [1.29, 1.82) is 0 Å². The summed E-state index contributed by atoms with van der Waals surface area (Å²) < 4.78 is 25.8. The summed E-state index contributed by atoms with van der Waals surface area (Å²) in [6.07, 6.45) is 0. The molecule has 17 heavy (non-hydrogen) atoms.